The van der Waals surface area contributed by atoms with Crippen molar-refractivity contribution in [2.24, 2.45) is 5.73 Å². The Morgan fingerprint density at radius 3 is 1.75 bits per heavy atom. The van der Waals surface area contributed by atoms with Crippen molar-refractivity contribution in [2.75, 3.05) is 13.1 Å². The second-order valence-corrected chi connectivity index (χ2v) is 5.17. The summed E-state index contributed by atoms with van der Waals surface area (Å²) in [6.45, 7) is 1.73. The molecule has 0 unspecified atom stereocenters. The standard InChI is InChI=1S/C18H24N2/c19-12-7-13-20-18(14-16-8-3-1-4-9-16)15-17-10-5-2-6-11-17/h1-6,8-11,18,20H,7,12-15,19H2. The second kappa shape index (κ2) is 8.51. The average Bonchev–Trinajstić information content (AvgIpc) is 2.49. The van der Waals surface area contributed by atoms with Crippen LogP contribution in [0.3, 0.4) is 0 Å². The summed E-state index contributed by atoms with van der Waals surface area (Å²) in [5.74, 6) is 0. The number of rotatable bonds is 8. The summed E-state index contributed by atoms with van der Waals surface area (Å²) in [6.07, 6.45) is 3.14. The van der Waals surface area contributed by atoms with Crippen LogP contribution in [-0.4, -0.2) is 19.1 Å². The van der Waals surface area contributed by atoms with Crippen molar-refractivity contribution in [2.45, 2.75) is 25.3 Å². The lowest BCUT2D eigenvalue weighted by molar-refractivity contribution is 0.500. The van der Waals surface area contributed by atoms with E-state index in [0.29, 0.717) is 6.04 Å². The Morgan fingerprint density at radius 1 is 0.800 bits per heavy atom. The Kier molecular flexibility index (Phi) is 6.28. The summed E-state index contributed by atoms with van der Waals surface area (Å²) in [6, 6.07) is 21.8. The van der Waals surface area contributed by atoms with E-state index in [4.69, 9.17) is 5.73 Å². The summed E-state index contributed by atoms with van der Waals surface area (Å²) in [5.41, 5.74) is 8.35. The molecule has 0 saturated carbocycles. The van der Waals surface area contributed by atoms with Crippen molar-refractivity contribution in [1.29, 1.82) is 0 Å². The summed E-state index contributed by atoms with van der Waals surface area (Å²) in [7, 11) is 0. The average molecular weight is 268 g/mol. The Labute approximate surface area is 122 Å². The molecule has 0 fully saturated rings. The molecule has 0 amide bonds. The molecule has 0 heterocycles. The molecular formula is C18H24N2. The first kappa shape index (κ1) is 14.8. The highest BCUT2D eigenvalue weighted by Gasteiger charge is 2.09. The molecule has 2 aromatic rings. The molecule has 106 valence electrons. The Morgan fingerprint density at radius 2 is 1.30 bits per heavy atom. The van der Waals surface area contributed by atoms with Crippen molar-refractivity contribution >= 4 is 0 Å². The molecule has 2 heteroatoms. The van der Waals surface area contributed by atoms with Crippen LogP contribution >= 0.6 is 0 Å². The van der Waals surface area contributed by atoms with Gasteiger partial charge in [-0.15, -0.1) is 0 Å². The SMILES string of the molecule is NCCCNC(Cc1ccccc1)Cc1ccccc1. The van der Waals surface area contributed by atoms with Gasteiger partial charge >= 0.3 is 0 Å². The van der Waals surface area contributed by atoms with E-state index >= 15 is 0 Å². The van der Waals surface area contributed by atoms with Gasteiger partial charge in [0.05, 0.1) is 0 Å². The number of hydrogen-bond donors (Lipinski definition) is 2. The van der Waals surface area contributed by atoms with Crippen LogP contribution in [0, 0.1) is 0 Å². The van der Waals surface area contributed by atoms with E-state index in [0.717, 1.165) is 32.4 Å². The Bertz CT molecular complexity index is 426. The summed E-state index contributed by atoms with van der Waals surface area (Å²) in [5, 5.41) is 3.64. The van der Waals surface area contributed by atoms with Crippen LogP contribution in [0.15, 0.2) is 60.7 Å². The smallest absolute Gasteiger partial charge is 0.0148 e. The van der Waals surface area contributed by atoms with E-state index in [1.807, 2.05) is 0 Å². The fourth-order valence-electron chi connectivity index (χ4n) is 2.42. The predicted octanol–water partition coefficient (Wildman–Crippen LogP) is 2.78. The zero-order chi connectivity index (χ0) is 14.0. The lowest BCUT2D eigenvalue weighted by atomic mass is 9.99. The van der Waals surface area contributed by atoms with Crippen molar-refractivity contribution in [1.82, 2.24) is 5.32 Å². The molecule has 0 atom stereocenters. The maximum atomic E-state index is 5.58. The zero-order valence-electron chi connectivity index (χ0n) is 12.0. The monoisotopic (exact) mass is 268 g/mol. The molecule has 0 saturated heterocycles. The van der Waals surface area contributed by atoms with Crippen LogP contribution in [-0.2, 0) is 12.8 Å². The molecule has 0 bridgehead atoms. The van der Waals surface area contributed by atoms with E-state index in [2.05, 4.69) is 66.0 Å². The topological polar surface area (TPSA) is 38.0 Å². The number of nitrogens with two attached hydrogens (primary N) is 1. The lowest BCUT2D eigenvalue weighted by Gasteiger charge is -2.19. The molecule has 2 nitrogen and oxygen atoms in total. The first-order chi connectivity index (χ1) is 9.88. The minimum Gasteiger partial charge on any atom is -0.330 e. The highest BCUT2D eigenvalue weighted by molar-refractivity contribution is 5.19. The fourth-order valence-corrected chi connectivity index (χ4v) is 2.42. The van der Waals surface area contributed by atoms with Crippen LogP contribution in [0.5, 0.6) is 0 Å². The van der Waals surface area contributed by atoms with Gasteiger partial charge in [0.2, 0.25) is 0 Å². The molecule has 2 aromatic carbocycles. The third-order valence-electron chi connectivity index (χ3n) is 3.46. The van der Waals surface area contributed by atoms with Crippen LogP contribution in [0.4, 0.5) is 0 Å². The summed E-state index contributed by atoms with van der Waals surface area (Å²) in [4.78, 5) is 0. The van der Waals surface area contributed by atoms with Crippen LogP contribution in [0.2, 0.25) is 0 Å². The van der Waals surface area contributed by atoms with E-state index in [-0.39, 0.29) is 0 Å². The van der Waals surface area contributed by atoms with E-state index < -0.39 is 0 Å². The Balaban J connectivity index is 1.96. The zero-order valence-corrected chi connectivity index (χ0v) is 12.0. The molecule has 0 spiro atoms. The van der Waals surface area contributed by atoms with Gasteiger partial charge in [-0.1, -0.05) is 60.7 Å². The fraction of sp³-hybridized carbons (Fsp3) is 0.333. The van der Waals surface area contributed by atoms with Gasteiger partial charge in [0.25, 0.3) is 0 Å². The first-order valence-corrected chi connectivity index (χ1v) is 7.40. The highest BCUT2D eigenvalue weighted by Crippen LogP contribution is 2.09. The molecule has 20 heavy (non-hydrogen) atoms. The maximum Gasteiger partial charge on any atom is 0.0148 e. The normalized spacial score (nSPS) is 10.9. The highest BCUT2D eigenvalue weighted by atomic mass is 14.9. The van der Waals surface area contributed by atoms with Crippen LogP contribution in [0.25, 0.3) is 0 Å². The first-order valence-electron chi connectivity index (χ1n) is 7.40. The summed E-state index contributed by atoms with van der Waals surface area (Å²) >= 11 is 0. The maximum absolute atomic E-state index is 5.58. The molecule has 3 N–H and O–H groups in total. The third kappa shape index (κ3) is 5.16. The molecule has 2 rings (SSSR count). The van der Waals surface area contributed by atoms with Gasteiger partial charge in [-0.3, -0.25) is 0 Å². The largest absolute Gasteiger partial charge is 0.330 e. The number of nitrogens with one attached hydrogen (secondary N) is 1. The minimum atomic E-state index is 0.464. The van der Waals surface area contributed by atoms with Gasteiger partial charge in [0.15, 0.2) is 0 Å². The van der Waals surface area contributed by atoms with Crippen LogP contribution in [0.1, 0.15) is 17.5 Å². The van der Waals surface area contributed by atoms with E-state index in [9.17, 15) is 0 Å². The van der Waals surface area contributed by atoms with Gasteiger partial charge < -0.3 is 11.1 Å². The lowest BCUT2D eigenvalue weighted by Crippen LogP contribution is -2.34. The molecule has 0 radical (unpaired) electrons. The van der Waals surface area contributed by atoms with Crippen molar-refractivity contribution in [3.8, 4) is 0 Å². The molecule has 0 aliphatic carbocycles. The molecule has 0 aliphatic rings. The van der Waals surface area contributed by atoms with Gasteiger partial charge in [-0.05, 0) is 43.5 Å². The molecular weight excluding hydrogens is 244 g/mol. The van der Waals surface area contributed by atoms with Gasteiger partial charge in [0, 0.05) is 6.04 Å². The quantitative estimate of drug-likeness (QED) is 0.723. The van der Waals surface area contributed by atoms with Gasteiger partial charge in [-0.2, -0.15) is 0 Å². The van der Waals surface area contributed by atoms with E-state index in [1.165, 1.54) is 11.1 Å². The van der Waals surface area contributed by atoms with Crippen molar-refractivity contribution in [3.05, 3.63) is 71.8 Å². The predicted molar refractivity (Wildman–Crippen MR) is 85.8 cm³/mol. The van der Waals surface area contributed by atoms with Gasteiger partial charge in [0.1, 0.15) is 0 Å². The minimum absolute atomic E-state index is 0.464. The molecule has 0 aliphatic heterocycles. The summed E-state index contributed by atoms with van der Waals surface area (Å²) < 4.78 is 0. The molecule has 0 aromatic heterocycles. The van der Waals surface area contributed by atoms with Gasteiger partial charge in [-0.25, -0.2) is 0 Å². The van der Waals surface area contributed by atoms with Crippen LogP contribution < -0.4 is 11.1 Å². The second-order valence-electron chi connectivity index (χ2n) is 5.17. The number of benzene rings is 2. The van der Waals surface area contributed by atoms with Crippen molar-refractivity contribution in [3.63, 3.8) is 0 Å². The third-order valence-corrected chi connectivity index (χ3v) is 3.46. The van der Waals surface area contributed by atoms with Crippen molar-refractivity contribution < 1.29 is 0 Å². The Hall–Kier alpha value is -1.64. The number of hydrogen-bond acceptors (Lipinski definition) is 2. The van der Waals surface area contributed by atoms with E-state index in [1.54, 1.807) is 0 Å².